The van der Waals surface area contributed by atoms with E-state index in [1.54, 1.807) is 18.2 Å². The number of fused-ring (bicyclic) bond motifs is 1. The van der Waals surface area contributed by atoms with Gasteiger partial charge >= 0.3 is 0 Å². The fourth-order valence-corrected chi connectivity index (χ4v) is 3.63. The van der Waals surface area contributed by atoms with Crippen molar-refractivity contribution in [3.05, 3.63) is 75.5 Å². The van der Waals surface area contributed by atoms with Crippen LogP contribution in [0.1, 0.15) is 24.0 Å². The van der Waals surface area contributed by atoms with Gasteiger partial charge in [-0.1, -0.05) is 41.4 Å². The molecule has 6 heteroatoms. The lowest BCUT2D eigenvalue weighted by Crippen LogP contribution is -2.17. The summed E-state index contributed by atoms with van der Waals surface area (Å²) >= 11 is 12.6. The summed E-state index contributed by atoms with van der Waals surface area (Å²) in [6, 6.07) is 12.8. The molecule has 0 saturated carbocycles. The number of halogens is 2. The zero-order valence-corrected chi connectivity index (χ0v) is 15.5. The van der Waals surface area contributed by atoms with Crippen LogP contribution < -0.4 is 5.32 Å². The van der Waals surface area contributed by atoms with Gasteiger partial charge in [-0.25, -0.2) is 4.99 Å². The average Bonchev–Trinajstić information content (AvgIpc) is 3.09. The first kappa shape index (κ1) is 17.1. The molecule has 1 amide bonds. The number of likely N-dealkylation sites (tertiary alicyclic amines) is 1. The monoisotopic (exact) mass is 385 g/mol. The van der Waals surface area contributed by atoms with E-state index in [0.717, 1.165) is 37.1 Å². The number of benzodiazepines with no additional fused rings is 1. The summed E-state index contributed by atoms with van der Waals surface area (Å²) in [4.78, 5) is 19.6. The molecule has 0 aromatic heterocycles. The van der Waals surface area contributed by atoms with Gasteiger partial charge in [0.25, 0.3) is 5.91 Å². The zero-order chi connectivity index (χ0) is 18.1. The number of hydrogen-bond donors (Lipinski definition) is 1. The van der Waals surface area contributed by atoms with Crippen LogP contribution in [0.2, 0.25) is 10.0 Å². The summed E-state index contributed by atoms with van der Waals surface area (Å²) in [5.41, 5.74) is 3.19. The number of nitrogens with zero attached hydrogens (tertiary/aromatic N) is 2. The highest BCUT2D eigenvalue weighted by molar-refractivity contribution is 6.37. The lowest BCUT2D eigenvalue weighted by molar-refractivity contribution is -0.112. The number of carbonyl (C=O) groups is 1. The van der Waals surface area contributed by atoms with Gasteiger partial charge in [-0.15, -0.1) is 0 Å². The highest BCUT2D eigenvalue weighted by Gasteiger charge is 2.24. The molecule has 0 aliphatic carbocycles. The van der Waals surface area contributed by atoms with Crippen molar-refractivity contribution in [1.29, 1.82) is 0 Å². The predicted molar refractivity (Wildman–Crippen MR) is 106 cm³/mol. The third-order valence-electron chi connectivity index (χ3n) is 4.52. The second-order valence-electron chi connectivity index (χ2n) is 6.34. The quantitative estimate of drug-likeness (QED) is 0.760. The van der Waals surface area contributed by atoms with Gasteiger partial charge < -0.3 is 10.2 Å². The summed E-state index contributed by atoms with van der Waals surface area (Å²) in [5, 5.41) is 4.09. The summed E-state index contributed by atoms with van der Waals surface area (Å²) in [6.07, 6.45) is 4.09. The summed E-state index contributed by atoms with van der Waals surface area (Å²) in [5.74, 6) is -0.234. The molecule has 1 N–H and O–H groups in total. The largest absolute Gasteiger partial charge is 0.375 e. The predicted octanol–water partition coefficient (Wildman–Crippen LogP) is 4.72. The van der Waals surface area contributed by atoms with Crippen molar-refractivity contribution < 1.29 is 4.79 Å². The molecule has 0 radical (unpaired) electrons. The van der Waals surface area contributed by atoms with Crippen LogP contribution >= 0.6 is 23.2 Å². The highest BCUT2D eigenvalue weighted by atomic mass is 35.5. The van der Waals surface area contributed by atoms with Crippen molar-refractivity contribution in [1.82, 2.24) is 4.90 Å². The second kappa shape index (κ2) is 7.14. The van der Waals surface area contributed by atoms with Crippen molar-refractivity contribution in [2.24, 2.45) is 4.99 Å². The highest BCUT2D eigenvalue weighted by Crippen LogP contribution is 2.30. The van der Waals surface area contributed by atoms with Gasteiger partial charge in [0.05, 0.1) is 11.4 Å². The van der Waals surface area contributed by atoms with E-state index in [1.165, 1.54) is 0 Å². The van der Waals surface area contributed by atoms with Gasteiger partial charge in [-0.2, -0.15) is 0 Å². The number of carbonyl (C=O) groups excluding carboxylic acids is 1. The number of nitrogens with one attached hydrogen (secondary N) is 1. The van der Waals surface area contributed by atoms with Crippen molar-refractivity contribution in [3.8, 4) is 0 Å². The van der Waals surface area contributed by atoms with E-state index in [9.17, 15) is 4.79 Å². The lowest BCUT2D eigenvalue weighted by atomic mass is 10.0. The van der Waals surface area contributed by atoms with E-state index in [2.05, 4.69) is 10.2 Å². The van der Waals surface area contributed by atoms with Crippen LogP contribution in [-0.2, 0) is 4.79 Å². The van der Waals surface area contributed by atoms with Crippen LogP contribution in [0.4, 0.5) is 5.69 Å². The normalized spacial score (nSPS) is 18.4. The Morgan fingerprint density at radius 1 is 1.04 bits per heavy atom. The van der Waals surface area contributed by atoms with Crippen LogP contribution in [0.5, 0.6) is 0 Å². The summed E-state index contributed by atoms with van der Waals surface area (Å²) in [7, 11) is 0. The Balaban J connectivity index is 1.91. The first-order valence-electron chi connectivity index (χ1n) is 8.52. The van der Waals surface area contributed by atoms with E-state index in [-0.39, 0.29) is 5.91 Å². The molecule has 1 saturated heterocycles. The molecule has 2 aromatic rings. The van der Waals surface area contributed by atoms with E-state index < -0.39 is 0 Å². The van der Waals surface area contributed by atoms with Gasteiger partial charge in [0, 0.05) is 40.5 Å². The minimum atomic E-state index is -0.234. The van der Waals surface area contributed by atoms with Crippen LogP contribution in [-0.4, -0.2) is 29.6 Å². The molecule has 0 bridgehead atoms. The van der Waals surface area contributed by atoms with Crippen LogP contribution in [0.3, 0.4) is 0 Å². The van der Waals surface area contributed by atoms with E-state index >= 15 is 0 Å². The molecular weight excluding hydrogens is 369 g/mol. The molecule has 0 atom stereocenters. The van der Waals surface area contributed by atoms with Crippen molar-refractivity contribution in [2.75, 3.05) is 18.4 Å². The fourth-order valence-electron chi connectivity index (χ4n) is 3.23. The Morgan fingerprint density at radius 2 is 1.81 bits per heavy atom. The minimum absolute atomic E-state index is 0.234. The van der Waals surface area contributed by atoms with Crippen LogP contribution in [0.15, 0.2) is 59.4 Å². The Morgan fingerprint density at radius 3 is 2.58 bits per heavy atom. The maximum Gasteiger partial charge on any atom is 0.275 e. The number of hydrogen-bond acceptors (Lipinski definition) is 3. The molecule has 1 fully saturated rings. The zero-order valence-electron chi connectivity index (χ0n) is 14.0. The molecule has 26 heavy (non-hydrogen) atoms. The Labute approximate surface area is 162 Å². The van der Waals surface area contributed by atoms with Crippen LogP contribution in [0.25, 0.3) is 0 Å². The van der Waals surface area contributed by atoms with E-state index in [4.69, 9.17) is 28.2 Å². The standard InChI is InChI=1S/C20H17Cl2N3O/c21-13-7-8-17-15(11-13)19(14-5-1-2-6-16(14)22)23-18(20(26)24-17)12-25-9-3-4-10-25/h1-2,5-8,11-12H,3-4,9-10H2,(H,24,26). The van der Waals surface area contributed by atoms with Gasteiger partial charge in [0.2, 0.25) is 0 Å². The molecular formula is C20H17Cl2N3O. The SMILES string of the molecule is O=C1Nc2ccc(Cl)cc2C(c2ccccc2Cl)=NC1=CN1CCCC1. The Bertz CT molecular complexity index is 930. The van der Waals surface area contributed by atoms with Gasteiger partial charge in [-0.3, -0.25) is 4.79 Å². The maximum atomic E-state index is 12.7. The third kappa shape index (κ3) is 3.35. The van der Waals surface area contributed by atoms with Gasteiger partial charge in [0.1, 0.15) is 5.70 Å². The lowest BCUT2D eigenvalue weighted by Gasteiger charge is -2.12. The van der Waals surface area contributed by atoms with E-state index in [0.29, 0.717) is 27.1 Å². The molecule has 0 spiro atoms. The number of anilines is 1. The average molecular weight is 386 g/mol. The van der Waals surface area contributed by atoms with Gasteiger partial charge in [0.15, 0.2) is 0 Å². The molecule has 2 aliphatic heterocycles. The smallest absolute Gasteiger partial charge is 0.275 e. The number of rotatable bonds is 2. The van der Waals surface area contributed by atoms with Crippen molar-refractivity contribution in [2.45, 2.75) is 12.8 Å². The maximum absolute atomic E-state index is 12.7. The van der Waals surface area contributed by atoms with Crippen molar-refractivity contribution >= 4 is 40.5 Å². The third-order valence-corrected chi connectivity index (χ3v) is 5.09. The number of benzene rings is 2. The van der Waals surface area contributed by atoms with Crippen molar-refractivity contribution in [3.63, 3.8) is 0 Å². The molecule has 2 aromatic carbocycles. The summed E-state index contributed by atoms with van der Waals surface area (Å²) < 4.78 is 0. The molecule has 2 heterocycles. The first-order valence-corrected chi connectivity index (χ1v) is 9.28. The van der Waals surface area contributed by atoms with Crippen LogP contribution in [0, 0.1) is 0 Å². The Hall–Kier alpha value is -2.30. The number of aliphatic imine (C=N–C) groups is 1. The minimum Gasteiger partial charge on any atom is -0.375 e. The first-order chi connectivity index (χ1) is 12.6. The molecule has 132 valence electrons. The number of amides is 1. The molecule has 2 aliphatic rings. The summed E-state index contributed by atoms with van der Waals surface area (Å²) in [6.45, 7) is 1.87. The molecule has 4 rings (SSSR count). The fraction of sp³-hybridized carbons (Fsp3) is 0.200. The second-order valence-corrected chi connectivity index (χ2v) is 7.19. The van der Waals surface area contributed by atoms with Gasteiger partial charge in [-0.05, 0) is 37.1 Å². The molecule has 0 unspecified atom stereocenters. The topological polar surface area (TPSA) is 44.7 Å². The Kier molecular flexibility index (Phi) is 4.70. The molecule has 4 nitrogen and oxygen atoms in total. The van der Waals surface area contributed by atoms with E-state index in [1.807, 2.05) is 30.5 Å².